The van der Waals surface area contributed by atoms with Crippen LogP contribution in [-0.4, -0.2) is 51.0 Å². The highest BCUT2D eigenvalue weighted by molar-refractivity contribution is 7.53. The standard InChI is InChI=1S/C23H49NO3P/c1-5-6-7-8-9-10-11-12-13-14-15-16-17-18-19-23-22-24(2,3)20-21-26-28(4,25)27-23/h23H,5-22H2,1-4H3/q+1/t23-,28+/m1/s1. The van der Waals surface area contributed by atoms with Gasteiger partial charge < -0.3 is 9.01 Å². The molecule has 1 aliphatic heterocycles. The van der Waals surface area contributed by atoms with E-state index in [1.54, 1.807) is 6.66 Å². The molecule has 4 nitrogen and oxygen atoms in total. The van der Waals surface area contributed by atoms with Gasteiger partial charge in [0.25, 0.3) is 0 Å². The Kier molecular flexibility index (Phi) is 14.0. The van der Waals surface area contributed by atoms with Gasteiger partial charge in [-0.25, -0.2) is 0 Å². The summed E-state index contributed by atoms with van der Waals surface area (Å²) >= 11 is 0. The molecule has 0 bridgehead atoms. The van der Waals surface area contributed by atoms with Crippen LogP contribution in [0.2, 0.25) is 0 Å². The largest absolute Gasteiger partial charge is 0.328 e. The number of hydrogen-bond acceptors (Lipinski definition) is 3. The van der Waals surface area contributed by atoms with Gasteiger partial charge in [0, 0.05) is 6.66 Å². The van der Waals surface area contributed by atoms with Crippen LogP contribution in [0.1, 0.15) is 103 Å². The summed E-state index contributed by atoms with van der Waals surface area (Å²) in [5, 5.41) is 0. The van der Waals surface area contributed by atoms with Crippen molar-refractivity contribution in [2.45, 2.75) is 109 Å². The summed E-state index contributed by atoms with van der Waals surface area (Å²) in [7, 11) is 1.54. The van der Waals surface area contributed by atoms with E-state index in [0.717, 1.165) is 24.0 Å². The molecular weight excluding hydrogens is 369 g/mol. The third-order valence-corrected chi connectivity index (χ3v) is 7.27. The lowest BCUT2D eigenvalue weighted by Crippen LogP contribution is -2.48. The van der Waals surface area contributed by atoms with Crippen molar-refractivity contribution in [1.29, 1.82) is 0 Å². The van der Waals surface area contributed by atoms with Crippen LogP contribution in [0.15, 0.2) is 0 Å². The van der Waals surface area contributed by atoms with Crippen LogP contribution in [-0.2, 0) is 13.6 Å². The van der Waals surface area contributed by atoms with Crippen LogP contribution in [0, 0.1) is 0 Å². The van der Waals surface area contributed by atoms with E-state index in [4.69, 9.17) is 9.05 Å². The summed E-state index contributed by atoms with van der Waals surface area (Å²) in [5.41, 5.74) is 0. The van der Waals surface area contributed by atoms with E-state index < -0.39 is 7.60 Å². The zero-order chi connectivity index (χ0) is 20.7. The zero-order valence-electron chi connectivity index (χ0n) is 19.4. The van der Waals surface area contributed by atoms with Crippen molar-refractivity contribution in [2.24, 2.45) is 0 Å². The van der Waals surface area contributed by atoms with Gasteiger partial charge in [-0.2, -0.15) is 0 Å². The maximum Gasteiger partial charge on any atom is 0.328 e. The molecule has 0 amide bonds. The van der Waals surface area contributed by atoms with Gasteiger partial charge in [-0.1, -0.05) is 96.8 Å². The second-order valence-corrected chi connectivity index (χ2v) is 11.6. The Morgan fingerprint density at radius 2 is 1.29 bits per heavy atom. The molecule has 2 atom stereocenters. The van der Waals surface area contributed by atoms with E-state index in [9.17, 15) is 4.57 Å². The molecule has 0 aliphatic carbocycles. The van der Waals surface area contributed by atoms with Crippen molar-refractivity contribution >= 4 is 7.60 Å². The van der Waals surface area contributed by atoms with E-state index in [1.165, 1.54) is 89.9 Å². The van der Waals surface area contributed by atoms with Crippen molar-refractivity contribution < 1.29 is 18.1 Å². The van der Waals surface area contributed by atoms with Gasteiger partial charge in [-0.3, -0.25) is 9.09 Å². The summed E-state index contributed by atoms with van der Waals surface area (Å²) in [4.78, 5) is 0. The first-order valence-electron chi connectivity index (χ1n) is 12.1. The lowest BCUT2D eigenvalue weighted by molar-refractivity contribution is -0.893. The van der Waals surface area contributed by atoms with Crippen molar-refractivity contribution in [3.05, 3.63) is 0 Å². The minimum absolute atomic E-state index is 0.0588. The molecule has 0 radical (unpaired) electrons. The smallest absolute Gasteiger partial charge is 0.324 e. The Morgan fingerprint density at radius 3 is 1.79 bits per heavy atom. The monoisotopic (exact) mass is 418 g/mol. The molecule has 1 fully saturated rings. The molecule has 168 valence electrons. The lowest BCUT2D eigenvalue weighted by atomic mass is 10.0. The topological polar surface area (TPSA) is 35.5 Å². The molecule has 0 aromatic carbocycles. The quantitative estimate of drug-likeness (QED) is 0.161. The Hall–Kier alpha value is 0.110. The van der Waals surface area contributed by atoms with Crippen LogP contribution in [0.4, 0.5) is 0 Å². The average Bonchev–Trinajstić information content (AvgIpc) is 2.59. The van der Waals surface area contributed by atoms with Gasteiger partial charge >= 0.3 is 7.60 Å². The van der Waals surface area contributed by atoms with Crippen LogP contribution in [0.25, 0.3) is 0 Å². The Balaban J connectivity index is 1.99. The number of quaternary nitrogens is 1. The summed E-state index contributed by atoms with van der Waals surface area (Å²) < 4.78 is 24.5. The number of rotatable bonds is 15. The van der Waals surface area contributed by atoms with E-state index in [0.29, 0.717) is 6.61 Å². The zero-order valence-corrected chi connectivity index (χ0v) is 20.3. The van der Waals surface area contributed by atoms with Crippen LogP contribution in [0.5, 0.6) is 0 Å². The fourth-order valence-corrected chi connectivity index (χ4v) is 5.33. The molecule has 1 heterocycles. The first kappa shape index (κ1) is 26.1. The minimum Gasteiger partial charge on any atom is -0.324 e. The molecule has 0 spiro atoms. The highest BCUT2D eigenvalue weighted by atomic mass is 31.2. The number of likely N-dealkylation sites (N-methyl/N-ethyl adjacent to an activating group) is 1. The third kappa shape index (κ3) is 14.1. The Morgan fingerprint density at radius 1 is 0.821 bits per heavy atom. The molecule has 0 unspecified atom stereocenters. The second kappa shape index (κ2) is 15.0. The Bertz CT molecular complexity index is 428. The summed E-state index contributed by atoms with van der Waals surface area (Å²) in [5.74, 6) is 0. The molecule has 0 N–H and O–H groups in total. The van der Waals surface area contributed by atoms with Crippen LogP contribution < -0.4 is 0 Å². The summed E-state index contributed by atoms with van der Waals surface area (Å²) in [6.45, 7) is 6.25. The maximum atomic E-state index is 12.3. The molecule has 1 aliphatic rings. The van der Waals surface area contributed by atoms with E-state index in [-0.39, 0.29) is 6.10 Å². The van der Waals surface area contributed by atoms with Gasteiger partial charge in [-0.15, -0.1) is 0 Å². The number of unbranched alkanes of at least 4 members (excludes halogenated alkanes) is 13. The minimum atomic E-state index is -2.87. The van der Waals surface area contributed by atoms with Crippen molar-refractivity contribution in [3.8, 4) is 0 Å². The molecule has 1 rings (SSSR count). The van der Waals surface area contributed by atoms with Crippen molar-refractivity contribution in [1.82, 2.24) is 0 Å². The highest BCUT2D eigenvalue weighted by Gasteiger charge is 2.32. The molecule has 0 aromatic heterocycles. The molecular formula is C23H49NO3P+. The second-order valence-electron chi connectivity index (χ2n) is 9.56. The van der Waals surface area contributed by atoms with Gasteiger partial charge in [0.2, 0.25) is 0 Å². The van der Waals surface area contributed by atoms with Crippen molar-refractivity contribution in [2.75, 3.05) is 40.5 Å². The van der Waals surface area contributed by atoms with Gasteiger partial charge in [0.15, 0.2) is 0 Å². The molecule has 5 heteroatoms. The first-order chi connectivity index (χ1) is 13.3. The fraction of sp³-hybridized carbons (Fsp3) is 1.00. The maximum absolute atomic E-state index is 12.3. The van der Waals surface area contributed by atoms with E-state index in [2.05, 4.69) is 21.0 Å². The van der Waals surface area contributed by atoms with E-state index >= 15 is 0 Å². The van der Waals surface area contributed by atoms with Crippen LogP contribution >= 0.6 is 7.60 Å². The van der Waals surface area contributed by atoms with Gasteiger partial charge in [0.05, 0.1) is 14.1 Å². The van der Waals surface area contributed by atoms with Gasteiger partial charge in [-0.05, 0) is 6.42 Å². The highest BCUT2D eigenvalue weighted by Crippen LogP contribution is 2.46. The van der Waals surface area contributed by atoms with Crippen LogP contribution in [0.3, 0.4) is 0 Å². The molecule has 28 heavy (non-hydrogen) atoms. The molecule has 0 aromatic rings. The summed E-state index contributed by atoms with van der Waals surface area (Å²) in [6.07, 6.45) is 20.3. The third-order valence-electron chi connectivity index (χ3n) is 5.94. The number of nitrogens with zero attached hydrogens (tertiary/aromatic N) is 1. The lowest BCUT2D eigenvalue weighted by Gasteiger charge is -2.36. The average molecular weight is 419 g/mol. The van der Waals surface area contributed by atoms with Gasteiger partial charge in [0.1, 0.15) is 25.8 Å². The Labute approximate surface area is 175 Å². The van der Waals surface area contributed by atoms with Crippen molar-refractivity contribution in [3.63, 3.8) is 0 Å². The fourth-order valence-electron chi connectivity index (χ4n) is 4.14. The first-order valence-corrected chi connectivity index (χ1v) is 14.1. The summed E-state index contributed by atoms with van der Waals surface area (Å²) in [6, 6.07) is 0. The molecule has 0 saturated carbocycles. The molecule has 1 saturated heterocycles. The SMILES string of the molecule is CCCCCCCCCCCCCCCC[C@@H]1C[N+](C)(C)CCO[P@](C)(=O)O1. The van der Waals surface area contributed by atoms with E-state index in [1.807, 2.05) is 0 Å². The number of hydrogen-bond donors (Lipinski definition) is 0. The normalized spacial score (nSPS) is 25.4. The predicted molar refractivity (Wildman–Crippen MR) is 121 cm³/mol. The predicted octanol–water partition coefficient (Wildman–Crippen LogP) is 7.17.